The third-order valence-corrected chi connectivity index (χ3v) is 6.35. The van der Waals surface area contributed by atoms with E-state index in [4.69, 9.17) is 4.74 Å². The molecule has 0 aliphatic carbocycles. The number of nitrogens with zero attached hydrogens (tertiary/aromatic N) is 3. The fourth-order valence-electron chi connectivity index (χ4n) is 3.19. The molecular formula is C23H21BrN4O2S. The fourth-order valence-corrected chi connectivity index (χ4v) is 4.40. The van der Waals surface area contributed by atoms with E-state index in [1.54, 1.807) is 0 Å². The summed E-state index contributed by atoms with van der Waals surface area (Å²) in [7, 11) is 0. The maximum atomic E-state index is 12.3. The molecule has 1 amide bonds. The van der Waals surface area contributed by atoms with Crippen LogP contribution in [-0.2, 0) is 17.9 Å². The standard InChI is InChI=1S/C23H21BrN4O2S/c1-2-28-21(14-30-20-13-7-9-16-8-3-4-10-17(16)20)26-27-23(28)31-15-22(29)25-19-12-6-5-11-18(19)24/h3-13H,2,14-15H2,1H3,(H,25,29). The summed E-state index contributed by atoms with van der Waals surface area (Å²) in [5, 5.41) is 14.3. The van der Waals surface area contributed by atoms with E-state index in [0.29, 0.717) is 18.3 Å². The van der Waals surface area contributed by atoms with Crippen molar-refractivity contribution < 1.29 is 9.53 Å². The van der Waals surface area contributed by atoms with Crippen molar-refractivity contribution in [3.05, 3.63) is 77.0 Å². The second kappa shape index (κ2) is 9.98. The van der Waals surface area contributed by atoms with Gasteiger partial charge in [0.05, 0.1) is 11.4 Å². The lowest BCUT2D eigenvalue weighted by Gasteiger charge is -2.11. The van der Waals surface area contributed by atoms with Crippen molar-refractivity contribution in [3.8, 4) is 5.75 Å². The van der Waals surface area contributed by atoms with Gasteiger partial charge < -0.3 is 14.6 Å². The number of amides is 1. The topological polar surface area (TPSA) is 69.0 Å². The smallest absolute Gasteiger partial charge is 0.234 e. The highest BCUT2D eigenvalue weighted by atomic mass is 79.9. The Hall–Kier alpha value is -2.84. The van der Waals surface area contributed by atoms with Gasteiger partial charge in [0.25, 0.3) is 0 Å². The van der Waals surface area contributed by atoms with Crippen LogP contribution in [-0.4, -0.2) is 26.4 Å². The van der Waals surface area contributed by atoms with Gasteiger partial charge >= 0.3 is 0 Å². The number of hydrogen-bond donors (Lipinski definition) is 1. The number of aromatic nitrogens is 3. The van der Waals surface area contributed by atoms with Crippen LogP contribution in [0, 0.1) is 0 Å². The maximum absolute atomic E-state index is 12.3. The molecule has 3 aromatic carbocycles. The van der Waals surface area contributed by atoms with E-state index >= 15 is 0 Å². The highest BCUT2D eigenvalue weighted by Gasteiger charge is 2.15. The summed E-state index contributed by atoms with van der Waals surface area (Å²) in [4.78, 5) is 12.3. The van der Waals surface area contributed by atoms with Crippen LogP contribution in [0.25, 0.3) is 10.8 Å². The first kappa shape index (κ1) is 21.4. The van der Waals surface area contributed by atoms with Crippen LogP contribution in [0.4, 0.5) is 5.69 Å². The number of halogens is 1. The Balaban J connectivity index is 1.40. The number of hydrogen-bond acceptors (Lipinski definition) is 5. The van der Waals surface area contributed by atoms with Crippen LogP contribution >= 0.6 is 27.7 Å². The van der Waals surface area contributed by atoms with Gasteiger partial charge in [0.15, 0.2) is 11.0 Å². The molecule has 0 bridgehead atoms. The summed E-state index contributed by atoms with van der Waals surface area (Å²) in [5.74, 6) is 1.68. The van der Waals surface area contributed by atoms with E-state index in [1.807, 2.05) is 66.1 Å². The number of para-hydroxylation sites is 1. The average Bonchev–Trinajstić information content (AvgIpc) is 3.19. The second-order valence-electron chi connectivity index (χ2n) is 6.73. The zero-order valence-electron chi connectivity index (χ0n) is 16.9. The number of rotatable bonds is 8. The number of carbonyl (C=O) groups is 1. The van der Waals surface area contributed by atoms with Gasteiger partial charge in [-0.2, -0.15) is 0 Å². The van der Waals surface area contributed by atoms with E-state index in [9.17, 15) is 4.79 Å². The van der Waals surface area contributed by atoms with Gasteiger partial charge in [0.1, 0.15) is 12.4 Å². The first-order chi connectivity index (χ1) is 15.2. The third kappa shape index (κ3) is 5.08. The van der Waals surface area contributed by atoms with Crippen molar-refractivity contribution >= 4 is 50.1 Å². The highest BCUT2D eigenvalue weighted by Crippen LogP contribution is 2.26. The third-order valence-electron chi connectivity index (χ3n) is 4.70. The SMILES string of the molecule is CCn1c(COc2cccc3ccccc23)nnc1SCC(=O)Nc1ccccc1Br. The van der Waals surface area contributed by atoms with E-state index in [2.05, 4.69) is 43.6 Å². The molecule has 8 heteroatoms. The minimum absolute atomic E-state index is 0.101. The predicted octanol–water partition coefficient (Wildman–Crippen LogP) is 5.52. The first-order valence-corrected chi connectivity index (χ1v) is 11.6. The molecule has 0 unspecified atom stereocenters. The summed E-state index contributed by atoms with van der Waals surface area (Å²) in [5.41, 5.74) is 0.745. The highest BCUT2D eigenvalue weighted by molar-refractivity contribution is 9.10. The minimum Gasteiger partial charge on any atom is -0.485 e. The number of benzene rings is 3. The number of fused-ring (bicyclic) bond motifs is 1. The van der Waals surface area contributed by atoms with Crippen molar-refractivity contribution in [1.82, 2.24) is 14.8 Å². The van der Waals surface area contributed by atoms with Gasteiger partial charge in [-0.25, -0.2) is 0 Å². The average molecular weight is 497 g/mol. The summed E-state index contributed by atoms with van der Waals surface area (Å²) in [6, 6.07) is 21.6. The largest absolute Gasteiger partial charge is 0.485 e. The molecule has 0 saturated heterocycles. The molecule has 6 nitrogen and oxygen atoms in total. The van der Waals surface area contributed by atoms with Crippen LogP contribution in [0.15, 0.2) is 76.4 Å². The zero-order valence-corrected chi connectivity index (χ0v) is 19.3. The summed E-state index contributed by atoms with van der Waals surface area (Å²) >= 11 is 4.79. The van der Waals surface area contributed by atoms with E-state index in [1.165, 1.54) is 11.8 Å². The molecule has 0 atom stereocenters. The summed E-state index contributed by atoms with van der Waals surface area (Å²) in [6.07, 6.45) is 0. The van der Waals surface area contributed by atoms with Crippen molar-refractivity contribution in [2.24, 2.45) is 0 Å². The molecular weight excluding hydrogens is 476 g/mol. The van der Waals surface area contributed by atoms with Gasteiger partial charge in [-0.3, -0.25) is 4.79 Å². The maximum Gasteiger partial charge on any atom is 0.234 e. The zero-order chi connectivity index (χ0) is 21.6. The van der Waals surface area contributed by atoms with Gasteiger partial charge in [-0.05, 0) is 46.4 Å². The van der Waals surface area contributed by atoms with E-state index in [-0.39, 0.29) is 11.7 Å². The summed E-state index contributed by atoms with van der Waals surface area (Å²) in [6.45, 7) is 3.02. The lowest BCUT2D eigenvalue weighted by molar-refractivity contribution is -0.113. The Morgan fingerprint density at radius 3 is 2.68 bits per heavy atom. The van der Waals surface area contributed by atoms with Crippen LogP contribution in [0.3, 0.4) is 0 Å². The molecule has 0 radical (unpaired) electrons. The molecule has 0 saturated carbocycles. The number of carbonyl (C=O) groups excluding carboxylic acids is 1. The molecule has 1 aromatic heterocycles. The van der Waals surface area contributed by atoms with E-state index < -0.39 is 0 Å². The normalized spacial score (nSPS) is 10.9. The number of ether oxygens (including phenoxy) is 1. The van der Waals surface area contributed by atoms with Gasteiger partial charge in [0, 0.05) is 16.4 Å². The monoisotopic (exact) mass is 496 g/mol. The Kier molecular flexibility index (Phi) is 6.89. The molecule has 31 heavy (non-hydrogen) atoms. The predicted molar refractivity (Wildman–Crippen MR) is 127 cm³/mol. The lowest BCUT2D eigenvalue weighted by atomic mass is 10.1. The van der Waals surface area contributed by atoms with Crippen molar-refractivity contribution in [1.29, 1.82) is 0 Å². The minimum atomic E-state index is -0.101. The van der Waals surface area contributed by atoms with Crippen molar-refractivity contribution in [3.63, 3.8) is 0 Å². The Labute approximate surface area is 193 Å². The quantitative estimate of drug-likeness (QED) is 0.325. The molecule has 158 valence electrons. The Morgan fingerprint density at radius 1 is 1.06 bits per heavy atom. The first-order valence-electron chi connectivity index (χ1n) is 9.85. The summed E-state index contributed by atoms with van der Waals surface area (Å²) < 4.78 is 8.88. The van der Waals surface area contributed by atoms with Crippen molar-refractivity contribution in [2.75, 3.05) is 11.1 Å². The van der Waals surface area contributed by atoms with Crippen molar-refractivity contribution in [2.45, 2.75) is 25.2 Å². The number of thioether (sulfide) groups is 1. The van der Waals surface area contributed by atoms with Crippen LogP contribution in [0.5, 0.6) is 5.75 Å². The van der Waals surface area contributed by atoms with Crippen LogP contribution in [0.1, 0.15) is 12.7 Å². The molecule has 0 aliphatic rings. The van der Waals surface area contributed by atoms with E-state index in [0.717, 1.165) is 32.5 Å². The Bertz CT molecular complexity index is 1210. The molecule has 0 fully saturated rings. The fraction of sp³-hybridized carbons (Fsp3) is 0.174. The molecule has 1 N–H and O–H groups in total. The lowest BCUT2D eigenvalue weighted by Crippen LogP contribution is -2.15. The van der Waals surface area contributed by atoms with Crippen LogP contribution in [0.2, 0.25) is 0 Å². The molecule has 4 rings (SSSR count). The number of anilines is 1. The number of nitrogens with one attached hydrogen (secondary N) is 1. The Morgan fingerprint density at radius 2 is 1.84 bits per heavy atom. The van der Waals surface area contributed by atoms with Gasteiger partial charge in [-0.1, -0.05) is 60.3 Å². The molecule has 4 aromatic rings. The second-order valence-corrected chi connectivity index (χ2v) is 8.52. The van der Waals surface area contributed by atoms with Gasteiger partial charge in [-0.15, -0.1) is 10.2 Å². The molecule has 0 aliphatic heterocycles. The molecule has 1 heterocycles. The van der Waals surface area contributed by atoms with Crippen LogP contribution < -0.4 is 10.1 Å². The molecule has 0 spiro atoms. The van der Waals surface area contributed by atoms with Gasteiger partial charge in [0.2, 0.25) is 5.91 Å².